The number of furan rings is 1. The molecule has 0 fully saturated rings. The lowest BCUT2D eigenvalue weighted by Gasteiger charge is -2.12. The summed E-state index contributed by atoms with van der Waals surface area (Å²) in [5.41, 5.74) is 1.50. The quantitative estimate of drug-likeness (QED) is 0.380. The highest BCUT2D eigenvalue weighted by Gasteiger charge is 2.14. The summed E-state index contributed by atoms with van der Waals surface area (Å²) in [6.45, 7) is 0.225. The van der Waals surface area contributed by atoms with E-state index in [1.165, 1.54) is 16.3 Å². The Morgan fingerprint density at radius 1 is 1.13 bits per heavy atom. The van der Waals surface area contributed by atoms with Crippen molar-refractivity contribution < 1.29 is 9.21 Å². The van der Waals surface area contributed by atoms with Crippen LogP contribution in [-0.2, 0) is 11.3 Å². The minimum Gasteiger partial charge on any atom is -0.467 e. The van der Waals surface area contributed by atoms with Crippen LogP contribution in [-0.4, -0.2) is 21.2 Å². The highest BCUT2D eigenvalue weighted by atomic mass is 32.2. The minimum atomic E-state index is -0.239. The average molecular weight is 416 g/mol. The zero-order valence-electron chi connectivity index (χ0n) is 15.7. The van der Waals surface area contributed by atoms with E-state index in [0.717, 1.165) is 0 Å². The van der Waals surface area contributed by atoms with Gasteiger partial charge in [0, 0.05) is 5.69 Å². The number of carbonyl (C=O) groups excluding carboxylic acids is 1. The SMILES string of the molecule is N#Cc1ccc(NC(=O)CSc2nc3ccccc3c(=O)n2Cc2ccco2)cc1. The fraction of sp³-hybridized carbons (Fsp3) is 0.0909. The second-order valence-corrected chi connectivity index (χ2v) is 7.35. The molecule has 148 valence electrons. The van der Waals surface area contributed by atoms with Crippen LogP contribution in [0.4, 0.5) is 5.69 Å². The minimum absolute atomic E-state index is 0.0724. The lowest BCUT2D eigenvalue weighted by Crippen LogP contribution is -2.24. The van der Waals surface area contributed by atoms with Crippen molar-refractivity contribution >= 4 is 34.3 Å². The molecule has 0 saturated heterocycles. The molecule has 0 aliphatic carbocycles. The van der Waals surface area contributed by atoms with E-state index in [1.807, 2.05) is 12.1 Å². The fourth-order valence-electron chi connectivity index (χ4n) is 2.91. The molecule has 0 aliphatic heterocycles. The van der Waals surface area contributed by atoms with Crippen molar-refractivity contribution in [2.75, 3.05) is 11.1 Å². The number of rotatable bonds is 6. The van der Waals surface area contributed by atoms with Gasteiger partial charge < -0.3 is 9.73 Å². The van der Waals surface area contributed by atoms with E-state index < -0.39 is 0 Å². The number of nitrogens with one attached hydrogen (secondary N) is 1. The van der Waals surface area contributed by atoms with Crippen molar-refractivity contribution in [3.05, 3.63) is 88.6 Å². The normalized spacial score (nSPS) is 10.6. The number of hydrogen-bond donors (Lipinski definition) is 1. The van der Waals surface area contributed by atoms with E-state index in [0.29, 0.717) is 33.1 Å². The van der Waals surface area contributed by atoms with Gasteiger partial charge in [-0.3, -0.25) is 14.2 Å². The van der Waals surface area contributed by atoms with Crippen molar-refractivity contribution in [1.82, 2.24) is 9.55 Å². The highest BCUT2D eigenvalue weighted by molar-refractivity contribution is 7.99. The average Bonchev–Trinajstić information content (AvgIpc) is 3.28. The maximum Gasteiger partial charge on any atom is 0.262 e. The summed E-state index contributed by atoms with van der Waals surface area (Å²) in [6.07, 6.45) is 1.55. The van der Waals surface area contributed by atoms with Crippen molar-refractivity contribution in [1.29, 1.82) is 5.26 Å². The number of amides is 1. The topological polar surface area (TPSA) is 101 Å². The van der Waals surface area contributed by atoms with Crippen LogP contribution in [0.3, 0.4) is 0 Å². The third kappa shape index (κ3) is 4.26. The summed E-state index contributed by atoms with van der Waals surface area (Å²) >= 11 is 1.18. The first-order chi connectivity index (χ1) is 14.6. The smallest absolute Gasteiger partial charge is 0.262 e. The van der Waals surface area contributed by atoms with Crippen LogP contribution in [0.2, 0.25) is 0 Å². The molecule has 0 radical (unpaired) electrons. The largest absolute Gasteiger partial charge is 0.467 e. The van der Waals surface area contributed by atoms with Gasteiger partial charge in [-0.15, -0.1) is 0 Å². The van der Waals surface area contributed by atoms with Crippen molar-refractivity contribution in [2.24, 2.45) is 0 Å². The standard InChI is InChI=1S/C22H16N4O3S/c23-12-15-7-9-16(10-8-15)24-20(27)14-30-22-25-19-6-2-1-5-18(19)21(28)26(22)13-17-4-3-11-29-17/h1-11H,13-14H2,(H,24,27). The van der Waals surface area contributed by atoms with Gasteiger partial charge in [0.15, 0.2) is 5.16 Å². The summed E-state index contributed by atoms with van der Waals surface area (Å²) in [4.78, 5) is 30.0. The molecule has 8 heteroatoms. The molecule has 7 nitrogen and oxygen atoms in total. The van der Waals surface area contributed by atoms with Gasteiger partial charge >= 0.3 is 0 Å². The Kier molecular flexibility index (Phi) is 5.63. The van der Waals surface area contributed by atoms with Crippen LogP contribution >= 0.6 is 11.8 Å². The third-order valence-corrected chi connectivity index (χ3v) is 5.33. The van der Waals surface area contributed by atoms with Crippen LogP contribution in [0.5, 0.6) is 0 Å². The molecule has 0 bridgehead atoms. The van der Waals surface area contributed by atoms with Gasteiger partial charge in [0.2, 0.25) is 5.91 Å². The van der Waals surface area contributed by atoms with Crippen molar-refractivity contribution in [3.63, 3.8) is 0 Å². The van der Waals surface area contributed by atoms with Crippen molar-refractivity contribution in [2.45, 2.75) is 11.7 Å². The number of para-hydroxylation sites is 1. The number of benzene rings is 2. The number of thioether (sulfide) groups is 1. The predicted molar refractivity (Wildman–Crippen MR) is 114 cm³/mol. The monoisotopic (exact) mass is 416 g/mol. The van der Waals surface area contributed by atoms with Gasteiger partial charge in [-0.2, -0.15) is 5.26 Å². The first-order valence-electron chi connectivity index (χ1n) is 9.09. The molecule has 0 atom stereocenters. The Balaban J connectivity index is 1.56. The summed E-state index contributed by atoms with van der Waals surface area (Å²) in [5, 5.41) is 12.6. The van der Waals surface area contributed by atoms with E-state index in [1.54, 1.807) is 60.9 Å². The first kappa shape index (κ1) is 19.5. The zero-order valence-corrected chi connectivity index (χ0v) is 16.6. The second kappa shape index (κ2) is 8.68. The number of fused-ring (bicyclic) bond motifs is 1. The molecule has 30 heavy (non-hydrogen) atoms. The third-order valence-electron chi connectivity index (χ3n) is 4.35. The van der Waals surface area contributed by atoms with E-state index in [9.17, 15) is 9.59 Å². The summed E-state index contributed by atoms with van der Waals surface area (Å²) < 4.78 is 6.90. The number of aromatic nitrogens is 2. The van der Waals surface area contributed by atoms with Crippen molar-refractivity contribution in [3.8, 4) is 6.07 Å². The molecule has 0 aliphatic rings. The van der Waals surface area contributed by atoms with Gasteiger partial charge in [0.05, 0.1) is 41.1 Å². The summed E-state index contributed by atoms with van der Waals surface area (Å²) in [5.74, 6) is 0.456. The zero-order chi connectivity index (χ0) is 20.9. The van der Waals surface area contributed by atoms with Gasteiger partial charge in [0.1, 0.15) is 5.76 Å². The molecule has 0 saturated carbocycles. The highest BCUT2D eigenvalue weighted by Crippen LogP contribution is 2.20. The molecule has 1 N–H and O–H groups in total. The van der Waals surface area contributed by atoms with Crippen LogP contribution in [0, 0.1) is 11.3 Å². The lowest BCUT2D eigenvalue weighted by atomic mass is 10.2. The maximum absolute atomic E-state index is 13.0. The first-order valence-corrected chi connectivity index (χ1v) is 10.1. The Hall–Kier alpha value is -3.83. The van der Waals surface area contributed by atoms with Crippen LogP contribution < -0.4 is 10.9 Å². The van der Waals surface area contributed by atoms with E-state index >= 15 is 0 Å². The molecular weight excluding hydrogens is 400 g/mol. The molecule has 1 amide bonds. The summed E-state index contributed by atoms with van der Waals surface area (Å²) in [7, 11) is 0. The van der Waals surface area contributed by atoms with E-state index in [-0.39, 0.29) is 23.8 Å². The van der Waals surface area contributed by atoms with Gasteiger partial charge in [-0.05, 0) is 48.5 Å². The molecule has 2 heterocycles. The lowest BCUT2D eigenvalue weighted by molar-refractivity contribution is -0.113. The fourth-order valence-corrected chi connectivity index (χ4v) is 3.71. The molecule has 0 unspecified atom stereocenters. The second-order valence-electron chi connectivity index (χ2n) is 6.41. The van der Waals surface area contributed by atoms with Gasteiger partial charge in [-0.25, -0.2) is 4.98 Å². The maximum atomic E-state index is 13.0. The Bertz CT molecular complexity index is 1290. The Morgan fingerprint density at radius 3 is 2.67 bits per heavy atom. The Morgan fingerprint density at radius 2 is 1.93 bits per heavy atom. The number of nitrogens with zero attached hydrogens (tertiary/aromatic N) is 3. The molecule has 4 rings (SSSR count). The van der Waals surface area contributed by atoms with Crippen LogP contribution in [0.15, 0.2) is 81.3 Å². The van der Waals surface area contributed by atoms with E-state index in [4.69, 9.17) is 9.68 Å². The number of nitriles is 1. The molecule has 2 aromatic heterocycles. The predicted octanol–water partition coefficient (Wildman–Crippen LogP) is 3.64. The number of anilines is 1. The molecule has 0 spiro atoms. The van der Waals surface area contributed by atoms with Crippen LogP contribution in [0.25, 0.3) is 10.9 Å². The van der Waals surface area contributed by atoms with E-state index in [2.05, 4.69) is 10.3 Å². The molecule has 4 aromatic rings. The summed E-state index contributed by atoms with van der Waals surface area (Å²) in [6, 6.07) is 19.3. The van der Waals surface area contributed by atoms with Gasteiger partial charge in [-0.1, -0.05) is 23.9 Å². The number of hydrogen-bond acceptors (Lipinski definition) is 6. The Labute approximate surface area is 176 Å². The molecular formula is C22H16N4O3S. The molecule has 2 aromatic carbocycles. The van der Waals surface area contributed by atoms with Gasteiger partial charge in [0.25, 0.3) is 5.56 Å². The number of carbonyl (C=O) groups is 1. The van der Waals surface area contributed by atoms with Crippen LogP contribution in [0.1, 0.15) is 11.3 Å².